The lowest BCUT2D eigenvalue weighted by Gasteiger charge is -2.09. The molecule has 2 rings (SSSR count). The van der Waals surface area contributed by atoms with Gasteiger partial charge >= 0.3 is 12.0 Å². The number of urea groups is 1. The van der Waals surface area contributed by atoms with E-state index in [4.69, 9.17) is 9.84 Å². The lowest BCUT2D eigenvalue weighted by atomic mass is 10.1. The van der Waals surface area contributed by atoms with Gasteiger partial charge in [-0.15, -0.1) is 0 Å². The molecule has 0 aliphatic heterocycles. The summed E-state index contributed by atoms with van der Waals surface area (Å²) < 4.78 is 5.63. The molecule has 0 aromatic heterocycles. The largest absolute Gasteiger partial charge is 0.494 e. The average molecular weight is 356 g/mol. The lowest BCUT2D eigenvalue weighted by Crippen LogP contribution is -2.35. The molecule has 3 N–H and O–H groups in total. The van der Waals surface area contributed by atoms with Crippen molar-refractivity contribution >= 4 is 12.0 Å². The van der Waals surface area contributed by atoms with E-state index >= 15 is 0 Å². The van der Waals surface area contributed by atoms with E-state index in [-0.39, 0.29) is 11.6 Å². The highest BCUT2D eigenvalue weighted by Gasteiger charge is 2.03. The van der Waals surface area contributed by atoms with Crippen LogP contribution in [-0.2, 0) is 6.54 Å². The fraction of sp³-hybridized carbons (Fsp3) is 0.300. The van der Waals surface area contributed by atoms with E-state index in [2.05, 4.69) is 10.6 Å². The molecule has 0 bridgehead atoms. The Hall–Kier alpha value is -3.02. The fourth-order valence-electron chi connectivity index (χ4n) is 2.26. The molecule has 2 aromatic rings. The van der Waals surface area contributed by atoms with Gasteiger partial charge in [-0.1, -0.05) is 29.8 Å². The highest BCUT2D eigenvalue weighted by Crippen LogP contribution is 2.11. The summed E-state index contributed by atoms with van der Waals surface area (Å²) in [5.74, 6) is -0.108. The molecule has 0 heterocycles. The van der Waals surface area contributed by atoms with Gasteiger partial charge in [-0.3, -0.25) is 0 Å². The Labute approximate surface area is 153 Å². The Morgan fingerprint density at radius 2 is 1.65 bits per heavy atom. The van der Waals surface area contributed by atoms with Crippen molar-refractivity contribution in [2.75, 3.05) is 13.2 Å². The molecule has 0 aliphatic carbocycles. The van der Waals surface area contributed by atoms with Crippen molar-refractivity contribution in [2.24, 2.45) is 0 Å². The Bertz CT molecular complexity index is 712. The molecule has 0 fully saturated rings. The van der Waals surface area contributed by atoms with Crippen LogP contribution < -0.4 is 15.4 Å². The molecule has 0 aliphatic rings. The summed E-state index contributed by atoms with van der Waals surface area (Å²) in [6.45, 7) is 3.57. The van der Waals surface area contributed by atoms with Crippen LogP contribution >= 0.6 is 0 Å². The summed E-state index contributed by atoms with van der Waals surface area (Å²) in [6.07, 6.45) is 1.68. The number of amides is 2. The second-order valence-corrected chi connectivity index (χ2v) is 5.98. The minimum absolute atomic E-state index is 0.228. The number of carboxylic acids is 1. The first-order valence-electron chi connectivity index (χ1n) is 8.58. The number of rotatable bonds is 9. The average Bonchev–Trinajstić information content (AvgIpc) is 2.64. The summed E-state index contributed by atoms with van der Waals surface area (Å²) in [4.78, 5) is 22.5. The molecule has 2 amide bonds. The minimum atomic E-state index is -0.964. The normalized spacial score (nSPS) is 10.2. The summed E-state index contributed by atoms with van der Waals surface area (Å²) in [5.41, 5.74) is 2.27. The topological polar surface area (TPSA) is 87.7 Å². The van der Waals surface area contributed by atoms with Crippen molar-refractivity contribution in [1.29, 1.82) is 0 Å². The Morgan fingerprint density at radius 1 is 0.962 bits per heavy atom. The fourth-order valence-corrected chi connectivity index (χ4v) is 2.26. The number of benzene rings is 2. The molecule has 0 saturated carbocycles. The van der Waals surface area contributed by atoms with Gasteiger partial charge in [0.1, 0.15) is 5.75 Å². The van der Waals surface area contributed by atoms with Crippen molar-refractivity contribution in [3.63, 3.8) is 0 Å². The molecular weight excluding hydrogens is 332 g/mol. The van der Waals surface area contributed by atoms with Crippen LogP contribution in [-0.4, -0.2) is 30.3 Å². The Kier molecular flexibility index (Phi) is 7.49. The quantitative estimate of drug-likeness (QED) is 0.601. The highest BCUT2D eigenvalue weighted by molar-refractivity contribution is 5.87. The number of hydrogen-bond donors (Lipinski definition) is 3. The van der Waals surface area contributed by atoms with Crippen LogP contribution in [0.4, 0.5) is 4.79 Å². The van der Waals surface area contributed by atoms with Crippen LogP contribution in [0.5, 0.6) is 5.75 Å². The highest BCUT2D eigenvalue weighted by atomic mass is 16.5. The number of aryl methyl sites for hydroxylation is 1. The number of unbranched alkanes of at least 4 members (excludes halogenated alkanes) is 1. The standard InChI is InChI=1S/C20H24N2O4/c1-15-4-10-18(11-5-15)26-13-3-2-12-21-20(25)22-14-16-6-8-17(9-7-16)19(23)24/h4-11H,2-3,12-14H2,1H3,(H,23,24)(H2,21,22,25). The van der Waals surface area contributed by atoms with Crippen LogP contribution in [0.15, 0.2) is 48.5 Å². The first-order valence-corrected chi connectivity index (χ1v) is 8.58. The summed E-state index contributed by atoms with van der Waals surface area (Å²) in [5, 5.41) is 14.4. The van der Waals surface area contributed by atoms with Gasteiger partial charge in [0, 0.05) is 13.1 Å². The monoisotopic (exact) mass is 356 g/mol. The van der Waals surface area contributed by atoms with E-state index in [0.29, 0.717) is 19.7 Å². The van der Waals surface area contributed by atoms with Gasteiger partial charge in [-0.25, -0.2) is 9.59 Å². The molecule has 138 valence electrons. The lowest BCUT2D eigenvalue weighted by molar-refractivity contribution is 0.0697. The molecular formula is C20H24N2O4. The maximum atomic E-state index is 11.7. The molecule has 2 aromatic carbocycles. The number of carboxylic acid groups (broad SMARTS) is 1. The molecule has 0 unspecified atom stereocenters. The molecule has 0 atom stereocenters. The van der Waals surface area contributed by atoms with Crippen molar-refractivity contribution in [2.45, 2.75) is 26.3 Å². The first kappa shape index (κ1) is 19.3. The van der Waals surface area contributed by atoms with Gasteiger partial charge in [-0.2, -0.15) is 0 Å². The smallest absolute Gasteiger partial charge is 0.335 e. The van der Waals surface area contributed by atoms with E-state index in [1.54, 1.807) is 12.1 Å². The van der Waals surface area contributed by atoms with Gasteiger partial charge in [0.05, 0.1) is 12.2 Å². The van der Waals surface area contributed by atoms with Crippen LogP contribution in [0.25, 0.3) is 0 Å². The first-order chi connectivity index (χ1) is 12.5. The predicted octanol–water partition coefficient (Wildman–Crippen LogP) is 3.35. The van der Waals surface area contributed by atoms with E-state index < -0.39 is 5.97 Å². The van der Waals surface area contributed by atoms with Gasteiger partial charge in [0.25, 0.3) is 0 Å². The van der Waals surface area contributed by atoms with Crippen LogP contribution in [0.3, 0.4) is 0 Å². The summed E-state index contributed by atoms with van der Waals surface area (Å²) in [6, 6.07) is 14.1. The molecule has 0 saturated heterocycles. The number of hydrogen-bond acceptors (Lipinski definition) is 3. The number of carbonyl (C=O) groups is 2. The summed E-state index contributed by atoms with van der Waals surface area (Å²) >= 11 is 0. The van der Waals surface area contributed by atoms with Gasteiger partial charge < -0.3 is 20.5 Å². The van der Waals surface area contributed by atoms with E-state index in [1.807, 2.05) is 31.2 Å². The third-order valence-corrected chi connectivity index (χ3v) is 3.80. The van der Waals surface area contributed by atoms with E-state index in [9.17, 15) is 9.59 Å². The predicted molar refractivity (Wildman–Crippen MR) is 99.5 cm³/mol. The molecule has 0 radical (unpaired) electrons. The van der Waals surface area contributed by atoms with Crippen LogP contribution in [0.2, 0.25) is 0 Å². The zero-order chi connectivity index (χ0) is 18.8. The second kappa shape index (κ2) is 10.1. The van der Waals surface area contributed by atoms with Gasteiger partial charge in [0.2, 0.25) is 0 Å². The van der Waals surface area contributed by atoms with Gasteiger partial charge in [0.15, 0.2) is 0 Å². The molecule has 26 heavy (non-hydrogen) atoms. The Balaban J connectivity index is 1.54. The number of ether oxygens (including phenoxy) is 1. The third-order valence-electron chi connectivity index (χ3n) is 3.80. The van der Waals surface area contributed by atoms with Gasteiger partial charge in [-0.05, 0) is 49.6 Å². The number of carbonyl (C=O) groups excluding carboxylic acids is 1. The van der Waals surface area contributed by atoms with Crippen molar-refractivity contribution < 1.29 is 19.4 Å². The SMILES string of the molecule is Cc1ccc(OCCCCNC(=O)NCc2ccc(C(=O)O)cc2)cc1. The number of nitrogens with one attached hydrogen (secondary N) is 2. The van der Waals surface area contributed by atoms with Crippen molar-refractivity contribution in [3.05, 3.63) is 65.2 Å². The molecule has 0 spiro atoms. The molecule has 6 nitrogen and oxygen atoms in total. The van der Waals surface area contributed by atoms with E-state index in [1.165, 1.54) is 17.7 Å². The zero-order valence-corrected chi connectivity index (χ0v) is 14.8. The van der Waals surface area contributed by atoms with Crippen molar-refractivity contribution in [3.8, 4) is 5.75 Å². The van der Waals surface area contributed by atoms with Crippen molar-refractivity contribution in [1.82, 2.24) is 10.6 Å². The summed E-state index contributed by atoms with van der Waals surface area (Å²) in [7, 11) is 0. The maximum Gasteiger partial charge on any atom is 0.335 e. The van der Waals surface area contributed by atoms with Crippen LogP contribution in [0.1, 0.15) is 34.3 Å². The number of aromatic carboxylic acids is 1. The molecule has 6 heteroatoms. The van der Waals surface area contributed by atoms with E-state index in [0.717, 1.165) is 24.2 Å². The third kappa shape index (κ3) is 6.84. The Morgan fingerprint density at radius 3 is 2.31 bits per heavy atom. The van der Waals surface area contributed by atoms with Crippen LogP contribution in [0, 0.1) is 6.92 Å². The zero-order valence-electron chi connectivity index (χ0n) is 14.8. The maximum absolute atomic E-state index is 11.7. The minimum Gasteiger partial charge on any atom is -0.494 e. The second-order valence-electron chi connectivity index (χ2n) is 5.98.